The summed E-state index contributed by atoms with van der Waals surface area (Å²) in [6.07, 6.45) is -2.90. The number of anilines is 1. The maximum Gasteiger partial charge on any atom is 0.280 e. The van der Waals surface area contributed by atoms with Gasteiger partial charge in [0.1, 0.15) is 11.5 Å². The lowest BCUT2D eigenvalue weighted by molar-refractivity contribution is 0.145. The lowest BCUT2D eigenvalue weighted by Gasteiger charge is -2.08. The summed E-state index contributed by atoms with van der Waals surface area (Å²) in [5.74, 6) is -0.310. The van der Waals surface area contributed by atoms with E-state index in [0.29, 0.717) is 0 Å². The van der Waals surface area contributed by atoms with Gasteiger partial charge in [-0.1, -0.05) is 0 Å². The molecule has 0 atom stereocenters. The number of halogens is 3. The molecule has 0 saturated carbocycles. The third-order valence-electron chi connectivity index (χ3n) is 1.75. The predicted molar refractivity (Wildman–Crippen MR) is 51.4 cm³/mol. The van der Waals surface area contributed by atoms with E-state index in [9.17, 15) is 17.2 Å². The standard InChI is InChI=1S/C7H7ClF2N2O2S/c1-3-4(15(8,13)14)2-5(11)12-6(3)7(9)10/h2,7H,1H3,(H2,11,12). The maximum absolute atomic E-state index is 12.4. The summed E-state index contributed by atoms with van der Waals surface area (Å²) < 4.78 is 46.9. The van der Waals surface area contributed by atoms with Crippen LogP contribution in [0.1, 0.15) is 17.7 Å². The highest BCUT2D eigenvalue weighted by Gasteiger charge is 2.22. The number of hydrogen-bond acceptors (Lipinski definition) is 4. The van der Waals surface area contributed by atoms with Crippen LogP contribution in [-0.2, 0) is 9.05 Å². The van der Waals surface area contributed by atoms with Crippen LogP contribution in [0.4, 0.5) is 14.6 Å². The molecule has 4 nitrogen and oxygen atoms in total. The normalized spacial score (nSPS) is 12.1. The molecule has 1 heterocycles. The molecule has 1 aromatic rings. The lowest BCUT2D eigenvalue weighted by atomic mass is 10.2. The molecule has 0 fully saturated rings. The number of hydrogen-bond donors (Lipinski definition) is 1. The number of alkyl halides is 2. The van der Waals surface area contributed by atoms with Crippen LogP contribution in [0, 0.1) is 6.92 Å². The van der Waals surface area contributed by atoms with Gasteiger partial charge in [-0.15, -0.1) is 0 Å². The number of nitrogens with two attached hydrogens (primary N) is 1. The van der Waals surface area contributed by atoms with Gasteiger partial charge in [0.15, 0.2) is 0 Å². The fourth-order valence-corrected chi connectivity index (χ4v) is 2.30. The smallest absolute Gasteiger partial charge is 0.280 e. The highest BCUT2D eigenvalue weighted by Crippen LogP contribution is 2.28. The van der Waals surface area contributed by atoms with Crippen molar-refractivity contribution in [3.63, 3.8) is 0 Å². The Morgan fingerprint density at radius 2 is 2.07 bits per heavy atom. The van der Waals surface area contributed by atoms with E-state index in [-0.39, 0.29) is 11.4 Å². The minimum atomic E-state index is -4.09. The first-order valence-electron chi connectivity index (χ1n) is 3.73. The summed E-state index contributed by atoms with van der Waals surface area (Å²) in [5.41, 5.74) is 4.34. The molecular weight excluding hydrogens is 250 g/mol. The monoisotopic (exact) mass is 256 g/mol. The summed E-state index contributed by atoms with van der Waals surface area (Å²) in [7, 11) is 0.963. The Balaban J connectivity index is 3.56. The van der Waals surface area contributed by atoms with Crippen LogP contribution in [0.2, 0.25) is 0 Å². The molecule has 2 N–H and O–H groups in total. The van der Waals surface area contributed by atoms with Crippen molar-refractivity contribution in [2.24, 2.45) is 0 Å². The van der Waals surface area contributed by atoms with E-state index >= 15 is 0 Å². The third-order valence-corrected chi connectivity index (χ3v) is 3.20. The first kappa shape index (κ1) is 12.1. The zero-order valence-electron chi connectivity index (χ0n) is 7.54. The number of nitrogens with zero attached hydrogens (tertiary/aromatic N) is 1. The third kappa shape index (κ3) is 2.54. The van der Waals surface area contributed by atoms with Crippen LogP contribution in [0.15, 0.2) is 11.0 Å². The van der Waals surface area contributed by atoms with Crippen LogP contribution >= 0.6 is 10.7 Å². The van der Waals surface area contributed by atoms with Crippen molar-refractivity contribution in [2.75, 3.05) is 5.73 Å². The second-order valence-electron chi connectivity index (χ2n) is 2.79. The molecule has 0 amide bonds. The molecule has 84 valence electrons. The van der Waals surface area contributed by atoms with E-state index in [1.54, 1.807) is 0 Å². The fourth-order valence-electron chi connectivity index (χ4n) is 1.09. The van der Waals surface area contributed by atoms with Crippen LogP contribution < -0.4 is 5.73 Å². The summed E-state index contributed by atoms with van der Waals surface area (Å²) in [5, 5.41) is 0. The van der Waals surface area contributed by atoms with Gasteiger partial charge in [-0.2, -0.15) is 0 Å². The lowest BCUT2D eigenvalue weighted by Crippen LogP contribution is -2.05. The van der Waals surface area contributed by atoms with Crippen molar-refractivity contribution in [3.05, 3.63) is 17.3 Å². The summed E-state index contributed by atoms with van der Waals surface area (Å²) in [6, 6.07) is 0.948. The molecule has 1 aromatic heterocycles. The first-order valence-corrected chi connectivity index (χ1v) is 6.04. The molecule has 8 heteroatoms. The molecule has 15 heavy (non-hydrogen) atoms. The maximum atomic E-state index is 12.4. The highest BCUT2D eigenvalue weighted by molar-refractivity contribution is 8.13. The molecule has 0 saturated heterocycles. The quantitative estimate of drug-likeness (QED) is 0.820. The van der Waals surface area contributed by atoms with Gasteiger partial charge < -0.3 is 5.73 Å². The topological polar surface area (TPSA) is 73.0 Å². The summed E-state index contributed by atoms with van der Waals surface area (Å²) >= 11 is 0. The van der Waals surface area contributed by atoms with E-state index in [0.717, 1.165) is 6.07 Å². The molecule has 0 aliphatic rings. The van der Waals surface area contributed by atoms with Crippen LogP contribution in [0.3, 0.4) is 0 Å². The van der Waals surface area contributed by atoms with Gasteiger partial charge in [-0.3, -0.25) is 0 Å². The predicted octanol–water partition coefficient (Wildman–Crippen LogP) is 1.84. The van der Waals surface area contributed by atoms with Crippen LogP contribution in [-0.4, -0.2) is 13.4 Å². The Morgan fingerprint density at radius 1 is 1.53 bits per heavy atom. The number of nitrogen functional groups attached to an aromatic ring is 1. The molecule has 0 aliphatic carbocycles. The summed E-state index contributed by atoms with van der Waals surface area (Å²) in [6.45, 7) is 1.20. The Morgan fingerprint density at radius 3 is 2.47 bits per heavy atom. The summed E-state index contributed by atoms with van der Waals surface area (Å²) in [4.78, 5) is 2.91. The van der Waals surface area contributed by atoms with E-state index in [2.05, 4.69) is 4.98 Å². The SMILES string of the molecule is Cc1c(S(=O)(=O)Cl)cc(N)nc1C(F)F. The van der Waals surface area contributed by atoms with Crippen molar-refractivity contribution < 1.29 is 17.2 Å². The van der Waals surface area contributed by atoms with Gasteiger partial charge in [0.05, 0.1) is 4.90 Å². The minimum Gasteiger partial charge on any atom is -0.384 e. The van der Waals surface area contributed by atoms with Gasteiger partial charge in [-0.25, -0.2) is 22.2 Å². The Labute approximate surface area is 89.5 Å². The van der Waals surface area contributed by atoms with Gasteiger partial charge >= 0.3 is 0 Å². The Bertz CT molecular complexity index is 490. The average Bonchev–Trinajstić information content (AvgIpc) is 2.06. The van der Waals surface area contributed by atoms with Crippen molar-refractivity contribution >= 4 is 25.6 Å². The van der Waals surface area contributed by atoms with E-state index in [1.165, 1.54) is 6.92 Å². The Kier molecular flexibility index (Phi) is 3.15. The average molecular weight is 257 g/mol. The zero-order valence-corrected chi connectivity index (χ0v) is 9.11. The molecule has 0 spiro atoms. The second-order valence-corrected chi connectivity index (χ2v) is 5.33. The molecule has 0 radical (unpaired) electrons. The largest absolute Gasteiger partial charge is 0.384 e. The molecular formula is C7H7ClF2N2O2S. The fraction of sp³-hybridized carbons (Fsp3) is 0.286. The molecule has 0 aromatic carbocycles. The van der Waals surface area contributed by atoms with E-state index < -0.39 is 26.1 Å². The Hall–Kier alpha value is -0.950. The van der Waals surface area contributed by atoms with Crippen molar-refractivity contribution in [1.29, 1.82) is 0 Å². The van der Waals surface area contributed by atoms with Gasteiger partial charge in [0, 0.05) is 16.7 Å². The van der Waals surface area contributed by atoms with Crippen molar-refractivity contribution in [1.82, 2.24) is 4.98 Å². The van der Waals surface area contributed by atoms with Crippen LogP contribution in [0.5, 0.6) is 0 Å². The van der Waals surface area contributed by atoms with E-state index in [4.69, 9.17) is 16.4 Å². The molecule has 0 bridgehead atoms. The van der Waals surface area contributed by atoms with Crippen molar-refractivity contribution in [3.8, 4) is 0 Å². The van der Waals surface area contributed by atoms with Gasteiger partial charge in [-0.05, 0) is 12.5 Å². The van der Waals surface area contributed by atoms with Crippen molar-refractivity contribution in [2.45, 2.75) is 18.2 Å². The zero-order chi connectivity index (χ0) is 11.8. The van der Waals surface area contributed by atoms with Gasteiger partial charge in [0.25, 0.3) is 15.5 Å². The molecule has 0 unspecified atom stereocenters. The highest BCUT2D eigenvalue weighted by atomic mass is 35.7. The number of pyridine rings is 1. The number of rotatable bonds is 2. The second kappa shape index (κ2) is 3.90. The van der Waals surface area contributed by atoms with E-state index in [1.807, 2.05) is 0 Å². The van der Waals surface area contributed by atoms with Gasteiger partial charge in [0.2, 0.25) is 0 Å². The minimum absolute atomic E-state index is 0.186. The number of aromatic nitrogens is 1. The first-order chi connectivity index (χ1) is 6.73. The molecule has 0 aliphatic heterocycles. The van der Waals surface area contributed by atoms with Crippen LogP contribution in [0.25, 0.3) is 0 Å². The molecule has 1 rings (SSSR count).